The lowest BCUT2D eigenvalue weighted by atomic mass is 10.6. The van der Waals surface area contributed by atoms with Crippen LogP contribution in [0.5, 0.6) is 0 Å². The van der Waals surface area contributed by atoms with E-state index in [0.29, 0.717) is 0 Å². The minimum atomic E-state index is -1.31. The summed E-state index contributed by atoms with van der Waals surface area (Å²) < 4.78 is -1.95. The SMILES string of the molecule is CC(Br)(Br)C(Cl)(Cl)Cl. The molecule has 50 valence electrons. The molecule has 0 saturated heterocycles. The van der Waals surface area contributed by atoms with Crippen LogP contribution in [-0.4, -0.2) is 7.03 Å². The minimum absolute atomic E-state index is 0.641. The van der Waals surface area contributed by atoms with Crippen molar-refractivity contribution >= 4 is 66.7 Å². The van der Waals surface area contributed by atoms with Crippen molar-refractivity contribution in [3.05, 3.63) is 0 Å². The van der Waals surface area contributed by atoms with Crippen LogP contribution in [0.15, 0.2) is 0 Å². The molecule has 0 amide bonds. The summed E-state index contributed by atoms with van der Waals surface area (Å²) in [4.78, 5) is 0. The second kappa shape index (κ2) is 2.83. The molecule has 0 aromatic heterocycles. The Morgan fingerprint density at radius 1 is 1.12 bits per heavy atom. The fourth-order valence-corrected chi connectivity index (χ4v) is 0. The lowest BCUT2D eigenvalue weighted by molar-refractivity contribution is 0.965. The van der Waals surface area contributed by atoms with E-state index >= 15 is 0 Å². The number of halogens is 5. The number of hydrogen-bond donors (Lipinski definition) is 0. The first-order chi connectivity index (χ1) is 3.25. The largest absolute Gasteiger partial charge is 0.215 e. The van der Waals surface area contributed by atoms with E-state index in [9.17, 15) is 0 Å². The van der Waals surface area contributed by atoms with E-state index in [4.69, 9.17) is 34.8 Å². The molecule has 0 nitrogen and oxygen atoms in total. The second-order valence-corrected chi connectivity index (χ2v) is 7.90. The summed E-state index contributed by atoms with van der Waals surface area (Å²) in [5.74, 6) is 0. The fraction of sp³-hybridized carbons (Fsp3) is 1.00. The van der Waals surface area contributed by atoms with E-state index in [1.165, 1.54) is 0 Å². The predicted octanol–water partition coefficient (Wildman–Crippen LogP) is 3.86. The van der Waals surface area contributed by atoms with Crippen molar-refractivity contribution in [1.82, 2.24) is 0 Å². The van der Waals surface area contributed by atoms with Gasteiger partial charge in [-0.1, -0.05) is 66.7 Å². The van der Waals surface area contributed by atoms with Gasteiger partial charge in [0.1, 0.15) is 3.23 Å². The first-order valence-corrected chi connectivity index (χ1v) is 4.41. The zero-order valence-corrected chi connectivity index (χ0v) is 9.33. The van der Waals surface area contributed by atoms with Gasteiger partial charge in [0.05, 0.1) is 0 Å². The molecule has 0 atom stereocenters. The molecule has 0 fully saturated rings. The molecular formula is C3H3Br2Cl3. The van der Waals surface area contributed by atoms with Crippen LogP contribution in [0.3, 0.4) is 0 Å². The Morgan fingerprint density at radius 3 is 1.25 bits per heavy atom. The fourth-order valence-electron chi connectivity index (χ4n) is 0. The number of hydrogen-bond acceptors (Lipinski definition) is 0. The van der Waals surface area contributed by atoms with Crippen molar-refractivity contribution in [3.8, 4) is 0 Å². The summed E-state index contributed by atoms with van der Waals surface area (Å²) in [6.45, 7) is 1.71. The number of alkyl halides is 5. The quantitative estimate of drug-likeness (QED) is 0.596. The van der Waals surface area contributed by atoms with Gasteiger partial charge < -0.3 is 0 Å². The van der Waals surface area contributed by atoms with Crippen LogP contribution >= 0.6 is 66.7 Å². The monoisotopic (exact) mass is 302 g/mol. The highest BCUT2D eigenvalue weighted by molar-refractivity contribution is 9.25. The molecule has 0 aliphatic heterocycles. The van der Waals surface area contributed by atoms with Crippen LogP contribution in [0.1, 0.15) is 6.92 Å². The summed E-state index contributed by atoms with van der Waals surface area (Å²) in [6, 6.07) is 0. The predicted molar refractivity (Wildman–Crippen MR) is 46.5 cm³/mol. The van der Waals surface area contributed by atoms with Crippen molar-refractivity contribution in [2.24, 2.45) is 0 Å². The maximum atomic E-state index is 5.45. The van der Waals surface area contributed by atoms with Crippen LogP contribution in [0.25, 0.3) is 0 Å². The zero-order valence-electron chi connectivity index (χ0n) is 3.89. The molecule has 0 N–H and O–H groups in total. The molecule has 0 aromatic carbocycles. The van der Waals surface area contributed by atoms with Gasteiger partial charge in [-0.25, -0.2) is 0 Å². The molecule has 0 aromatic rings. The molecule has 0 aliphatic rings. The van der Waals surface area contributed by atoms with E-state index in [-0.39, 0.29) is 0 Å². The van der Waals surface area contributed by atoms with Crippen molar-refractivity contribution in [3.63, 3.8) is 0 Å². The highest BCUT2D eigenvalue weighted by atomic mass is 79.9. The van der Waals surface area contributed by atoms with Gasteiger partial charge in [0, 0.05) is 0 Å². The summed E-state index contributed by atoms with van der Waals surface area (Å²) >= 11 is 22.6. The average Bonchev–Trinajstić information content (AvgIpc) is 1.25. The van der Waals surface area contributed by atoms with Gasteiger partial charge in [-0.05, 0) is 6.92 Å². The first-order valence-electron chi connectivity index (χ1n) is 1.69. The van der Waals surface area contributed by atoms with Crippen molar-refractivity contribution < 1.29 is 0 Å². The van der Waals surface area contributed by atoms with Crippen molar-refractivity contribution in [2.75, 3.05) is 0 Å². The molecular weight excluding hydrogens is 302 g/mol. The lowest BCUT2D eigenvalue weighted by Gasteiger charge is -2.22. The summed E-state index contributed by atoms with van der Waals surface area (Å²) in [7, 11) is 0. The van der Waals surface area contributed by atoms with Crippen molar-refractivity contribution in [2.45, 2.75) is 13.9 Å². The van der Waals surface area contributed by atoms with Gasteiger partial charge in [0.2, 0.25) is 3.79 Å². The van der Waals surface area contributed by atoms with Gasteiger partial charge in [0.15, 0.2) is 0 Å². The molecule has 0 rings (SSSR count). The Kier molecular flexibility index (Phi) is 3.48. The Balaban J connectivity index is 4.02. The van der Waals surface area contributed by atoms with Gasteiger partial charge in [-0.2, -0.15) is 0 Å². The van der Waals surface area contributed by atoms with Crippen LogP contribution < -0.4 is 0 Å². The Morgan fingerprint density at radius 2 is 1.25 bits per heavy atom. The van der Waals surface area contributed by atoms with E-state index in [0.717, 1.165) is 0 Å². The van der Waals surface area contributed by atoms with Crippen LogP contribution in [0.2, 0.25) is 0 Å². The molecule has 0 heterocycles. The molecule has 5 heteroatoms. The summed E-state index contributed by atoms with van der Waals surface area (Å²) in [6.07, 6.45) is 0. The van der Waals surface area contributed by atoms with Crippen molar-refractivity contribution in [1.29, 1.82) is 0 Å². The molecule has 0 saturated carbocycles. The van der Waals surface area contributed by atoms with Gasteiger partial charge in [-0.15, -0.1) is 0 Å². The Hall–Kier alpha value is 1.83. The average molecular weight is 305 g/mol. The standard InChI is InChI=1S/C3H3Br2Cl3/c1-2(4,5)3(6,7)8/h1H3. The molecule has 0 bridgehead atoms. The maximum absolute atomic E-state index is 5.45. The molecule has 0 unspecified atom stereocenters. The molecule has 0 spiro atoms. The maximum Gasteiger partial charge on any atom is 0.215 e. The summed E-state index contributed by atoms with van der Waals surface area (Å²) in [5.41, 5.74) is 0. The minimum Gasteiger partial charge on any atom is -0.0811 e. The van der Waals surface area contributed by atoms with Crippen LogP contribution in [0, 0.1) is 0 Å². The highest BCUT2D eigenvalue weighted by Crippen LogP contribution is 2.47. The van der Waals surface area contributed by atoms with E-state index < -0.39 is 7.03 Å². The molecule has 8 heavy (non-hydrogen) atoms. The lowest BCUT2D eigenvalue weighted by Crippen LogP contribution is -2.25. The van der Waals surface area contributed by atoms with Gasteiger partial charge >= 0.3 is 0 Å². The van der Waals surface area contributed by atoms with Gasteiger partial charge in [-0.3, -0.25) is 0 Å². The zero-order chi connectivity index (χ0) is 7.00. The normalized spacial score (nSPS) is 14.2. The molecule has 0 aliphatic carbocycles. The van der Waals surface area contributed by atoms with Crippen LogP contribution in [0.4, 0.5) is 0 Å². The van der Waals surface area contributed by atoms with Gasteiger partial charge in [0.25, 0.3) is 0 Å². The topological polar surface area (TPSA) is 0 Å². The van der Waals surface area contributed by atoms with Crippen LogP contribution in [-0.2, 0) is 0 Å². The number of rotatable bonds is 0. The first kappa shape index (κ1) is 9.83. The summed E-state index contributed by atoms with van der Waals surface area (Å²) in [5, 5.41) is 0. The van der Waals surface area contributed by atoms with E-state index in [1.807, 2.05) is 0 Å². The second-order valence-electron chi connectivity index (χ2n) is 1.39. The smallest absolute Gasteiger partial charge is 0.0811 e. The Labute approximate surface area is 80.1 Å². The highest BCUT2D eigenvalue weighted by Gasteiger charge is 2.39. The molecule has 0 radical (unpaired) electrons. The third-order valence-corrected chi connectivity index (χ3v) is 4.19. The van der Waals surface area contributed by atoms with E-state index in [1.54, 1.807) is 6.92 Å². The third kappa shape index (κ3) is 3.11. The van der Waals surface area contributed by atoms with E-state index in [2.05, 4.69) is 31.9 Å². The third-order valence-electron chi connectivity index (χ3n) is 0.498. The Bertz CT molecular complexity index is 67.5.